The number of aliphatic hydroxyl groups excluding tert-OH is 1. The smallest absolute Gasteiger partial charge is 0.188 e. The van der Waals surface area contributed by atoms with E-state index < -0.39 is 0 Å². The van der Waals surface area contributed by atoms with Crippen LogP contribution in [0.4, 0.5) is 0 Å². The second-order valence-corrected chi connectivity index (χ2v) is 3.69. The Morgan fingerprint density at radius 3 is 2.86 bits per heavy atom. The Morgan fingerprint density at radius 2 is 2.21 bits per heavy atom. The summed E-state index contributed by atoms with van der Waals surface area (Å²) in [4.78, 5) is 0. The number of ether oxygens (including phenoxy) is 2. The van der Waals surface area contributed by atoms with Gasteiger partial charge in [0.15, 0.2) is 6.79 Å². The number of benzene rings is 1. The molecule has 0 heterocycles. The molecule has 0 saturated carbocycles. The molecule has 0 aliphatic heterocycles. The monoisotopic (exact) mass is 260 g/mol. The first kappa shape index (κ1) is 11.5. The van der Waals surface area contributed by atoms with Gasteiger partial charge in [0.25, 0.3) is 0 Å². The van der Waals surface area contributed by atoms with Crippen molar-refractivity contribution in [2.45, 2.75) is 6.42 Å². The average Bonchev–Trinajstić information content (AvgIpc) is 2.17. The lowest BCUT2D eigenvalue weighted by atomic mass is 10.1. The summed E-state index contributed by atoms with van der Waals surface area (Å²) in [5.41, 5.74) is 0.971. The van der Waals surface area contributed by atoms with E-state index in [1.807, 2.05) is 18.2 Å². The first-order valence-corrected chi connectivity index (χ1v) is 5.08. The molecule has 14 heavy (non-hydrogen) atoms. The van der Waals surface area contributed by atoms with Gasteiger partial charge in [-0.15, -0.1) is 0 Å². The molecule has 3 nitrogen and oxygen atoms in total. The maximum Gasteiger partial charge on any atom is 0.188 e. The minimum Gasteiger partial charge on any atom is -0.467 e. The van der Waals surface area contributed by atoms with Crippen molar-refractivity contribution in [3.8, 4) is 5.75 Å². The summed E-state index contributed by atoms with van der Waals surface area (Å²) in [6, 6.07) is 5.68. The first-order chi connectivity index (χ1) is 6.77. The van der Waals surface area contributed by atoms with Crippen LogP contribution >= 0.6 is 15.9 Å². The van der Waals surface area contributed by atoms with Crippen molar-refractivity contribution < 1.29 is 14.6 Å². The topological polar surface area (TPSA) is 38.7 Å². The summed E-state index contributed by atoms with van der Waals surface area (Å²) in [7, 11) is 1.57. The zero-order valence-corrected chi connectivity index (χ0v) is 9.58. The minimum atomic E-state index is 0.111. The van der Waals surface area contributed by atoms with E-state index in [9.17, 15) is 0 Å². The first-order valence-electron chi connectivity index (χ1n) is 4.29. The summed E-state index contributed by atoms with van der Waals surface area (Å²) < 4.78 is 11.1. The molecule has 1 aromatic carbocycles. The summed E-state index contributed by atoms with van der Waals surface area (Å²) in [5.74, 6) is 0.754. The van der Waals surface area contributed by atoms with Gasteiger partial charge < -0.3 is 14.6 Å². The Morgan fingerprint density at radius 1 is 1.43 bits per heavy atom. The molecule has 0 unspecified atom stereocenters. The fourth-order valence-electron chi connectivity index (χ4n) is 1.13. The molecule has 4 heteroatoms. The Balaban J connectivity index is 2.78. The predicted molar refractivity (Wildman–Crippen MR) is 57.4 cm³/mol. The zero-order chi connectivity index (χ0) is 10.4. The normalized spacial score (nSPS) is 10.2. The van der Waals surface area contributed by atoms with Crippen LogP contribution in [0.3, 0.4) is 0 Å². The molecule has 0 aliphatic rings. The highest BCUT2D eigenvalue weighted by Crippen LogP contribution is 2.23. The fraction of sp³-hybridized carbons (Fsp3) is 0.400. The van der Waals surface area contributed by atoms with Gasteiger partial charge in [0, 0.05) is 18.2 Å². The SMILES string of the molecule is COCOc1ccc(Br)cc1CCO. The fourth-order valence-corrected chi connectivity index (χ4v) is 1.54. The molecule has 0 aliphatic carbocycles. The summed E-state index contributed by atoms with van der Waals surface area (Å²) in [6.07, 6.45) is 0.582. The molecule has 0 bridgehead atoms. The van der Waals surface area contributed by atoms with Gasteiger partial charge in [0.2, 0.25) is 0 Å². The van der Waals surface area contributed by atoms with Crippen LogP contribution in [-0.4, -0.2) is 25.6 Å². The lowest BCUT2D eigenvalue weighted by Crippen LogP contribution is -2.02. The Bertz CT molecular complexity index is 289. The molecular formula is C10H13BrO3. The third kappa shape index (κ3) is 3.29. The zero-order valence-electron chi connectivity index (χ0n) is 8.00. The van der Waals surface area contributed by atoms with Crippen molar-refractivity contribution in [1.29, 1.82) is 0 Å². The third-order valence-corrected chi connectivity index (χ3v) is 2.23. The van der Waals surface area contributed by atoms with E-state index in [-0.39, 0.29) is 13.4 Å². The number of rotatable bonds is 5. The van der Waals surface area contributed by atoms with Gasteiger partial charge in [-0.25, -0.2) is 0 Å². The van der Waals surface area contributed by atoms with Crippen LogP contribution in [0.25, 0.3) is 0 Å². The molecule has 1 rings (SSSR count). The highest BCUT2D eigenvalue weighted by Gasteiger charge is 2.03. The largest absolute Gasteiger partial charge is 0.467 e. The van der Waals surface area contributed by atoms with E-state index in [2.05, 4.69) is 15.9 Å². The van der Waals surface area contributed by atoms with Crippen LogP contribution in [-0.2, 0) is 11.2 Å². The lowest BCUT2D eigenvalue weighted by Gasteiger charge is -2.10. The Hall–Kier alpha value is -0.580. The lowest BCUT2D eigenvalue weighted by molar-refractivity contribution is 0.0502. The summed E-state index contributed by atoms with van der Waals surface area (Å²) in [6.45, 7) is 0.333. The molecule has 0 radical (unpaired) electrons. The maximum absolute atomic E-state index is 8.86. The minimum absolute atomic E-state index is 0.111. The van der Waals surface area contributed by atoms with Crippen LogP contribution in [0.2, 0.25) is 0 Å². The van der Waals surface area contributed by atoms with Crippen LogP contribution in [0.1, 0.15) is 5.56 Å². The Kier molecular flexibility index (Phi) is 4.93. The molecule has 0 fully saturated rings. The van der Waals surface area contributed by atoms with Crippen LogP contribution < -0.4 is 4.74 Å². The van der Waals surface area contributed by atoms with E-state index in [1.165, 1.54) is 0 Å². The van der Waals surface area contributed by atoms with Crippen molar-refractivity contribution >= 4 is 15.9 Å². The van der Waals surface area contributed by atoms with Crippen molar-refractivity contribution in [1.82, 2.24) is 0 Å². The standard InChI is InChI=1S/C10H13BrO3/c1-13-7-14-10-3-2-9(11)6-8(10)4-5-12/h2-3,6,12H,4-5,7H2,1H3. The molecule has 78 valence electrons. The van der Waals surface area contributed by atoms with Crippen LogP contribution in [0, 0.1) is 0 Å². The molecule has 1 N–H and O–H groups in total. The van der Waals surface area contributed by atoms with E-state index >= 15 is 0 Å². The molecule has 0 spiro atoms. The Labute approximate surface area is 91.8 Å². The predicted octanol–water partition coefficient (Wildman–Crippen LogP) is 1.97. The van der Waals surface area contributed by atoms with E-state index in [1.54, 1.807) is 7.11 Å². The van der Waals surface area contributed by atoms with Gasteiger partial charge in [0.05, 0.1) is 0 Å². The van der Waals surface area contributed by atoms with Gasteiger partial charge in [0.1, 0.15) is 5.75 Å². The van der Waals surface area contributed by atoms with Crippen molar-refractivity contribution in [3.63, 3.8) is 0 Å². The van der Waals surface area contributed by atoms with Gasteiger partial charge in [-0.05, 0) is 30.2 Å². The second kappa shape index (κ2) is 6.01. The molecule has 0 aromatic heterocycles. The number of aliphatic hydroxyl groups is 1. The number of hydrogen-bond acceptors (Lipinski definition) is 3. The maximum atomic E-state index is 8.86. The molecular weight excluding hydrogens is 248 g/mol. The molecule has 0 atom stereocenters. The quantitative estimate of drug-likeness (QED) is 0.823. The number of methoxy groups -OCH3 is 1. The van der Waals surface area contributed by atoms with Gasteiger partial charge >= 0.3 is 0 Å². The van der Waals surface area contributed by atoms with Crippen LogP contribution in [0.5, 0.6) is 5.75 Å². The van der Waals surface area contributed by atoms with Gasteiger partial charge in [-0.1, -0.05) is 15.9 Å². The summed E-state index contributed by atoms with van der Waals surface area (Å²) in [5, 5.41) is 8.86. The van der Waals surface area contributed by atoms with E-state index in [0.717, 1.165) is 15.8 Å². The van der Waals surface area contributed by atoms with Crippen molar-refractivity contribution in [3.05, 3.63) is 28.2 Å². The van der Waals surface area contributed by atoms with Crippen molar-refractivity contribution in [2.75, 3.05) is 20.5 Å². The van der Waals surface area contributed by atoms with E-state index in [0.29, 0.717) is 6.42 Å². The van der Waals surface area contributed by atoms with Crippen LogP contribution in [0.15, 0.2) is 22.7 Å². The van der Waals surface area contributed by atoms with E-state index in [4.69, 9.17) is 14.6 Å². The highest BCUT2D eigenvalue weighted by atomic mass is 79.9. The molecule has 0 amide bonds. The molecule has 0 saturated heterocycles. The second-order valence-electron chi connectivity index (χ2n) is 2.78. The van der Waals surface area contributed by atoms with Gasteiger partial charge in [-0.3, -0.25) is 0 Å². The third-order valence-electron chi connectivity index (χ3n) is 1.74. The highest BCUT2D eigenvalue weighted by molar-refractivity contribution is 9.10. The average molecular weight is 261 g/mol. The van der Waals surface area contributed by atoms with Gasteiger partial charge in [-0.2, -0.15) is 0 Å². The molecule has 1 aromatic rings. The summed E-state index contributed by atoms with van der Waals surface area (Å²) >= 11 is 3.37. The number of hydrogen-bond donors (Lipinski definition) is 1. The van der Waals surface area contributed by atoms with Crippen molar-refractivity contribution in [2.24, 2.45) is 0 Å². The number of halogens is 1.